The monoisotopic (exact) mass is 301 g/mol. The molecule has 0 spiro atoms. The van der Waals surface area contributed by atoms with Crippen LogP contribution in [0.4, 0.5) is 0 Å². The summed E-state index contributed by atoms with van der Waals surface area (Å²) in [5.41, 5.74) is -0.0298. The van der Waals surface area contributed by atoms with Gasteiger partial charge < -0.3 is 15.2 Å². The fourth-order valence-corrected chi connectivity index (χ4v) is 2.20. The van der Waals surface area contributed by atoms with Gasteiger partial charge in [-0.3, -0.25) is 4.79 Å². The molecule has 1 aromatic heterocycles. The predicted octanol–water partition coefficient (Wildman–Crippen LogP) is 1.46. The van der Waals surface area contributed by atoms with E-state index in [4.69, 9.17) is 16.3 Å². The standard InChI is InChI=1S/C13H20ClN3O3/c1-13(2,3)8(18)4-5-15-11(19)10-9(14)12-17(16-10)6-7-20-12/h8,18H,4-7H2,1-3H3,(H,15,19). The summed E-state index contributed by atoms with van der Waals surface area (Å²) in [5.74, 6) is 0.105. The van der Waals surface area contributed by atoms with Crippen molar-refractivity contribution in [2.75, 3.05) is 13.2 Å². The molecule has 0 saturated heterocycles. The van der Waals surface area contributed by atoms with Crippen LogP contribution in [0.3, 0.4) is 0 Å². The average Bonchev–Trinajstić information content (AvgIpc) is 2.91. The van der Waals surface area contributed by atoms with Crippen molar-refractivity contribution in [1.29, 1.82) is 0 Å². The van der Waals surface area contributed by atoms with E-state index in [0.29, 0.717) is 32.0 Å². The fourth-order valence-electron chi connectivity index (χ4n) is 1.93. The first kappa shape index (κ1) is 15.1. The molecule has 6 nitrogen and oxygen atoms in total. The summed E-state index contributed by atoms with van der Waals surface area (Å²) in [6, 6.07) is 0. The first-order valence-corrected chi connectivity index (χ1v) is 7.04. The first-order chi connectivity index (χ1) is 9.30. The smallest absolute Gasteiger partial charge is 0.273 e. The van der Waals surface area contributed by atoms with E-state index in [1.807, 2.05) is 20.8 Å². The van der Waals surface area contributed by atoms with Crippen LogP contribution in [0.5, 0.6) is 5.88 Å². The lowest BCUT2D eigenvalue weighted by molar-refractivity contribution is 0.0550. The Hall–Kier alpha value is -1.27. The number of nitrogens with one attached hydrogen (secondary N) is 1. The van der Waals surface area contributed by atoms with Crippen LogP contribution in [0.25, 0.3) is 0 Å². The Balaban J connectivity index is 1.90. The molecule has 0 saturated carbocycles. The van der Waals surface area contributed by atoms with Gasteiger partial charge in [0.1, 0.15) is 11.6 Å². The number of aliphatic hydroxyl groups excluding tert-OH is 1. The highest BCUT2D eigenvalue weighted by atomic mass is 35.5. The van der Waals surface area contributed by atoms with E-state index in [2.05, 4.69) is 10.4 Å². The van der Waals surface area contributed by atoms with Crippen LogP contribution >= 0.6 is 11.6 Å². The highest BCUT2D eigenvalue weighted by Crippen LogP contribution is 2.31. The van der Waals surface area contributed by atoms with E-state index in [9.17, 15) is 9.90 Å². The van der Waals surface area contributed by atoms with E-state index in [-0.39, 0.29) is 22.0 Å². The second-order valence-electron chi connectivity index (χ2n) is 5.97. The van der Waals surface area contributed by atoms with Crippen molar-refractivity contribution in [3.05, 3.63) is 10.7 Å². The van der Waals surface area contributed by atoms with Gasteiger partial charge in [0.25, 0.3) is 5.91 Å². The Morgan fingerprint density at radius 2 is 2.30 bits per heavy atom. The lowest BCUT2D eigenvalue weighted by atomic mass is 9.87. The quantitative estimate of drug-likeness (QED) is 0.882. The number of aliphatic hydroxyl groups is 1. The number of hydrogen-bond acceptors (Lipinski definition) is 4. The van der Waals surface area contributed by atoms with Crippen LogP contribution in [0.15, 0.2) is 0 Å². The summed E-state index contributed by atoms with van der Waals surface area (Å²) in [5, 5.41) is 17.0. The minimum absolute atomic E-state index is 0.173. The molecule has 0 aromatic carbocycles. The van der Waals surface area contributed by atoms with Gasteiger partial charge in [-0.05, 0) is 11.8 Å². The van der Waals surface area contributed by atoms with E-state index < -0.39 is 6.10 Å². The van der Waals surface area contributed by atoms with Gasteiger partial charge in [0, 0.05) is 6.54 Å². The Kier molecular flexibility index (Phi) is 4.25. The van der Waals surface area contributed by atoms with Crippen molar-refractivity contribution in [2.45, 2.75) is 39.8 Å². The second-order valence-corrected chi connectivity index (χ2v) is 6.34. The molecule has 2 rings (SSSR count). The molecular weight excluding hydrogens is 282 g/mol. The van der Waals surface area contributed by atoms with Gasteiger partial charge in [0.05, 0.1) is 12.6 Å². The fraction of sp³-hybridized carbons (Fsp3) is 0.692. The van der Waals surface area contributed by atoms with Gasteiger partial charge in [-0.25, -0.2) is 4.68 Å². The molecule has 0 aliphatic carbocycles. The zero-order chi connectivity index (χ0) is 14.9. The van der Waals surface area contributed by atoms with Crippen LogP contribution in [0, 0.1) is 5.41 Å². The zero-order valence-corrected chi connectivity index (χ0v) is 12.7. The van der Waals surface area contributed by atoms with E-state index in [1.165, 1.54) is 0 Å². The van der Waals surface area contributed by atoms with Crippen molar-refractivity contribution in [3.63, 3.8) is 0 Å². The summed E-state index contributed by atoms with van der Waals surface area (Å²) in [6.45, 7) is 7.36. The van der Waals surface area contributed by atoms with E-state index in [0.717, 1.165) is 0 Å². The van der Waals surface area contributed by atoms with Gasteiger partial charge in [-0.1, -0.05) is 32.4 Å². The normalized spacial score (nSPS) is 15.7. The molecule has 1 atom stereocenters. The lowest BCUT2D eigenvalue weighted by Crippen LogP contribution is -2.32. The van der Waals surface area contributed by atoms with Gasteiger partial charge in [0.15, 0.2) is 5.69 Å². The maximum atomic E-state index is 12.0. The minimum Gasteiger partial charge on any atom is -0.475 e. The van der Waals surface area contributed by atoms with Gasteiger partial charge in [-0.2, -0.15) is 5.10 Å². The van der Waals surface area contributed by atoms with E-state index in [1.54, 1.807) is 4.68 Å². The van der Waals surface area contributed by atoms with Crippen molar-refractivity contribution in [2.24, 2.45) is 5.41 Å². The maximum Gasteiger partial charge on any atom is 0.273 e. The number of carbonyl (C=O) groups is 1. The van der Waals surface area contributed by atoms with Crippen LogP contribution in [0.1, 0.15) is 37.7 Å². The van der Waals surface area contributed by atoms with Crippen LogP contribution in [-0.4, -0.2) is 40.0 Å². The van der Waals surface area contributed by atoms with Crippen molar-refractivity contribution < 1.29 is 14.6 Å². The molecule has 2 N–H and O–H groups in total. The number of nitrogens with zero attached hydrogens (tertiary/aromatic N) is 2. The summed E-state index contributed by atoms with van der Waals surface area (Å²) in [6.07, 6.45) is 0.00492. The van der Waals surface area contributed by atoms with Gasteiger partial charge in [0.2, 0.25) is 5.88 Å². The molecule has 0 bridgehead atoms. The van der Waals surface area contributed by atoms with Crippen LogP contribution in [0.2, 0.25) is 5.02 Å². The van der Waals surface area contributed by atoms with Crippen LogP contribution in [-0.2, 0) is 6.54 Å². The number of ether oxygens (including phenoxy) is 1. The lowest BCUT2D eigenvalue weighted by Gasteiger charge is -2.25. The number of carbonyl (C=O) groups excluding carboxylic acids is 1. The molecule has 112 valence electrons. The Bertz CT molecular complexity index is 508. The molecule has 0 radical (unpaired) electrons. The van der Waals surface area contributed by atoms with Crippen LogP contribution < -0.4 is 10.1 Å². The predicted molar refractivity (Wildman–Crippen MR) is 75.1 cm³/mol. The Morgan fingerprint density at radius 1 is 1.60 bits per heavy atom. The Morgan fingerprint density at radius 3 is 2.90 bits per heavy atom. The third-order valence-corrected chi connectivity index (χ3v) is 3.65. The molecule has 7 heteroatoms. The summed E-state index contributed by atoms with van der Waals surface area (Å²) < 4.78 is 6.88. The molecule has 1 aliphatic rings. The third kappa shape index (κ3) is 3.07. The van der Waals surface area contributed by atoms with Crippen molar-refractivity contribution in [3.8, 4) is 5.88 Å². The topological polar surface area (TPSA) is 76.4 Å². The molecule has 1 unspecified atom stereocenters. The SMILES string of the molecule is CC(C)(C)C(O)CCNC(=O)c1nn2c(c1Cl)OCC2. The van der Waals surface area contributed by atoms with Crippen molar-refractivity contribution in [1.82, 2.24) is 15.1 Å². The molecule has 2 heterocycles. The maximum absolute atomic E-state index is 12.0. The average molecular weight is 302 g/mol. The molecule has 1 amide bonds. The van der Waals surface area contributed by atoms with Crippen molar-refractivity contribution >= 4 is 17.5 Å². The minimum atomic E-state index is -0.478. The molecule has 1 aliphatic heterocycles. The number of amides is 1. The second kappa shape index (κ2) is 5.61. The highest BCUT2D eigenvalue weighted by molar-refractivity contribution is 6.34. The summed E-state index contributed by atoms with van der Waals surface area (Å²) in [4.78, 5) is 12.0. The number of halogens is 1. The molecular formula is C13H20ClN3O3. The number of rotatable bonds is 4. The summed E-state index contributed by atoms with van der Waals surface area (Å²) >= 11 is 6.06. The largest absolute Gasteiger partial charge is 0.475 e. The van der Waals surface area contributed by atoms with E-state index >= 15 is 0 Å². The van der Waals surface area contributed by atoms with Gasteiger partial charge in [-0.15, -0.1) is 0 Å². The zero-order valence-electron chi connectivity index (χ0n) is 11.9. The molecule has 20 heavy (non-hydrogen) atoms. The Labute approximate surface area is 123 Å². The summed E-state index contributed by atoms with van der Waals surface area (Å²) in [7, 11) is 0. The number of fused-ring (bicyclic) bond motifs is 1. The molecule has 0 fully saturated rings. The number of hydrogen-bond donors (Lipinski definition) is 2. The third-order valence-electron chi connectivity index (χ3n) is 3.31. The highest BCUT2D eigenvalue weighted by Gasteiger charge is 2.26. The number of aromatic nitrogens is 2. The van der Waals surface area contributed by atoms with Gasteiger partial charge >= 0.3 is 0 Å². The first-order valence-electron chi connectivity index (χ1n) is 6.66. The molecule has 1 aromatic rings.